The Balaban J connectivity index is 2.16. The summed E-state index contributed by atoms with van der Waals surface area (Å²) >= 11 is 0. The van der Waals surface area contributed by atoms with Gasteiger partial charge in [0, 0.05) is 24.6 Å². The number of carbonyl (C=O) groups is 2. The van der Waals surface area contributed by atoms with Crippen LogP contribution in [0.4, 0.5) is 0 Å². The van der Waals surface area contributed by atoms with E-state index >= 15 is 0 Å². The smallest absolute Gasteiger partial charge is 0.326 e. The van der Waals surface area contributed by atoms with E-state index in [0.29, 0.717) is 13.0 Å². The highest BCUT2D eigenvalue weighted by Crippen LogP contribution is 2.19. The van der Waals surface area contributed by atoms with Crippen molar-refractivity contribution in [1.29, 1.82) is 0 Å². The van der Waals surface area contributed by atoms with Crippen molar-refractivity contribution >= 4 is 21.9 Å². The molecule has 1 amide bonds. The standard InChI is InChI=1S/C17H22N2O6S/c1-2-8-18-26(23,24)14-7-3-5-12(10-14)16(20)19-15(17(21)22)13-6-4-9-25-11-13/h2-3,5,7,10,13,15,18H,1,4,6,8-9,11H2,(H,19,20)(H,21,22). The SMILES string of the molecule is C=CCNS(=O)(=O)c1cccc(C(=O)NC(C(=O)O)C2CCCOC2)c1. The summed E-state index contributed by atoms with van der Waals surface area (Å²) < 4.78 is 31.9. The summed E-state index contributed by atoms with van der Waals surface area (Å²) in [5, 5.41) is 11.9. The van der Waals surface area contributed by atoms with Crippen LogP contribution in [0.1, 0.15) is 23.2 Å². The van der Waals surface area contributed by atoms with Gasteiger partial charge in [0.05, 0.1) is 11.5 Å². The van der Waals surface area contributed by atoms with Crippen molar-refractivity contribution in [1.82, 2.24) is 10.0 Å². The molecular weight excluding hydrogens is 360 g/mol. The van der Waals surface area contributed by atoms with Gasteiger partial charge in [-0.25, -0.2) is 17.9 Å². The third kappa shape index (κ3) is 5.13. The number of carbonyl (C=O) groups excluding carboxylic acids is 1. The second-order valence-electron chi connectivity index (χ2n) is 5.93. The van der Waals surface area contributed by atoms with E-state index in [-0.39, 0.29) is 29.5 Å². The van der Waals surface area contributed by atoms with Crippen LogP contribution >= 0.6 is 0 Å². The molecule has 9 heteroatoms. The lowest BCUT2D eigenvalue weighted by Crippen LogP contribution is -2.48. The molecule has 0 spiro atoms. The minimum absolute atomic E-state index is 0.0571. The molecule has 0 saturated carbocycles. The lowest BCUT2D eigenvalue weighted by atomic mass is 9.93. The van der Waals surface area contributed by atoms with E-state index in [2.05, 4.69) is 16.6 Å². The molecule has 1 aromatic carbocycles. The van der Waals surface area contributed by atoms with Gasteiger partial charge in [0.2, 0.25) is 10.0 Å². The van der Waals surface area contributed by atoms with Crippen molar-refractivity contribution in [3.8, 4) is 0 Å². The van der Waals surface area contributed by atoms with Gasteiger partial charge in [0.1, 0.15) is 6.04 Å². The van der Waals surface area contributed by atoms with Gasteiger partial charge in [-0.05, 0) is 31.0 Å². The number of benzene rings is 1. The highest BCUT2D eigenvalue weighted by molar-refractivity contribution is 7.89. The molecule has 3 N–H and O–H groups in total. The van der Waals surface area contributed by atoms with E-state index in [1.54, 1.807) is 0 Å². The molecule has 2 rings (SSSR count). The molecule has 8 nitrogen and oxygen atoms in total. The van der Waals surface area contributed by atoms with Gasteiger partial charge in [-0.2, -0.15) is 0 Å². The van der Waals surface area contributed by atoms with E-state index in [9.17, 15) is 23.1 Å². The van der Waals surface area contributed by atoms with Crippen LogP contribution in [0.2, 0.25) is 0 Å². The Hall–Kier alpha value is -2.23. The zero-order valence-corrected chi connectivity index (χ0v) is 15.0. The zero-order valence-electron chi connectivity index (χ0n) is 14.2. The van der Waals surface area contributed by atoms with Crippen molar-refractivity contribution in [2.24, 2.45) is 5.92 Å². The summed E-state index contributed by atoms with van der Waals surface area (Å²) in [6, 6.07) is 4.32. The summed E-state index contributed by atoms with van der Waals surface area (Å²) in [4.78, 5) is 23.9. The molecule has 1 aliphatic rings. The van der Waals surface area contributed by atoms with Crippen LogP contribution in [0.3, 0.4) is 0 Å². The predicted octanol–water partition coefficient (Wildman–Crippen LogP) is 0.761. The van der Waals surface area contributed by atoms with Gasteiger partial charge in [-0.3, -0.25) is 4.79 Å². The van der Waals surface area contributed by atoms with E-state index in [1.165, 1.54) is 30.3 Å². The fourth-order valence-corrected chi connectivity index (χ4v) is 3.73. The highest BCUT2D eigenvalue weighted by Gasteiger charge is 2.31. The van der Waals surface area contributed by atoms with Gasteiger partial charge in [0.15, 0.2) is 0 Å². The first-order valence-electron chi connectivity index (χ1n) is 8.17. The largest absolute Gasteiger partial charge is 0.480 e. The molecule has 26 heavy (non-hydrogen) atoms. The monoisotopic (exact) mass is 382 g/mol. The number of sulfonamides is 1. The first-order chi connectivity index (χ1) is 12.3. The van der Waals surface area contributed by atoms with Crippen LogP contribution in [0, 0.1) is 5.92 Å². The highest BCUT2D eigenvalue weighted by atomic mass is 32.2. The van der Waals surface area contributed by atoms with Crippen LogP contribution in [-0.4, -0.2) is 51.2 Å². The van der Waals surface area contributed by atoms with Gasteiger partial charge < -0.3 is 15.2 Å². The topological polar surface area (TPSA) is 122 Å². The zero-order chi connectivity index (χ0) is 19.2. The number of ether oxygens (including phenoxy) is 1. The summed E-state index contributed by atoms with van der Waals surface area (Å²) in [6.45, 7) is 4.34. The maximum Gasteiger partial charge on any atom is 0.326 e. The van der Waals surface area contributed by atoms with Gasteiger partial charge in [-0.15, -0.1) is 6.58 Å². The van der Waals surface area contributed by atoms with E-state index in [1.807, 2.05) is 0 Å². The number of amides is 1. The Labute approximate surface area is 152 Å². The molecule has 0 bridgehead atoms. The molecule has 0 aliphatic carbocycles. The number of carboxylic acids is 1. The van der Waals surface area contributed by atoms with Crippen molar-refractivity contribution in [2.45, 2.75) is 23.8 Å². The van der Waals surface area contributed by atoms with Gasteiger partial charge >= 0.3 is 5.97 Å². The average Bonchev–Trinajstić information content (AvgIpc) is 2.65. The summed E-state index contributed by atoms with van der Waals surface area (Å²) in [7, 11) is -3.78. The predicted molar refractivity (Wildman–Crippen MR) is 94.3 cm³/mol. The Bertz CT molecular complexity index is 771. The minimum Gasteiger partial charge on any atom is -0.480 e. The van der Waals surface area contributed by atoms with Gasteiger partial charge in [-0.1, -0.05) is 12.1 Å². The summed E-state index contributed by atoms with van der Waals surface area (Å²) in [5.74, 6) is -2.12. The molecule has 1 saturated heterocycles. The Kier molecular flexibility index (Phi) is 6.90. The molecule has 0 aromatic heterocycles. The first kappa shape index (κ1) is 20.1. The Morgan fingerprint density at radius 2 is 2.19 bits per heavy atom. The summed E-state index contributed by atoms with van der Waals surface area (Å²) in [6.07, 6.45) is 2.77. The Morgan fingerprint density at radius 1 is 1.42 bits per heavy atom. The minimum atomic E-state index is -3.78. The van der Waals surface area contributed by atoms with Crippen LogP contribution in [0.15, 0.2) is 41.8 Å². The van der Waals surface area contributed by atoms with Crippen molar-refractivity contribution < 1.29 is 27.9 Å². The maximum atomic E-state index is 12.4. The molecule has 2 atom stereocenters. The maximum absolute atomic E-state index is 12.4. The van der Waals surface area contributed by atoms with Crippen LogP contribution in [0.25, 0.3) is 0 Å². The molecule has 1 aromatic rings. The normalized spacial score (nSPS) is 18.7. The summed E-state index contributed by atoms with van der Waals surface area (Å²) in [5.41, 5.74) is 0.0643. The van der Waals surface area contributed by atoms with Crippen LogP contribution < -0.4 is 10.0 Å². The van der Waals surface area contributed by atoms with Crippen LogP contribution in [-0.2, 0) is 19.6 Å². The van der Waals surface area contributed by atoms with Crippen LogP contribution in [0.5, 0.6) is 0 Å². The lowest BCUT2D eigenvalue weighted by molar-refractivity contribution is -0.142. The number of rotatable bonds is 8. The quantitative estimate of drug-likeness (QED) is 0.571. The third-order valence-corrected chi connectivity index (χ3v) is 5.47. The average molecular weight is 382 g/mol. The molecule has 2 unspecified atom stereocenters. The number of hydrogen-bond acceptors (Lipinski definition) is 5. The molecule has 1 heterocycles. The van der Waals surface area contributed by atoms with Gasteiger partial charge in [0.25, 0.3) is 5.91 Å². The number of carboxylic acid groups (broad SMARTS) is 1. The third-order valence-electron chi connectivity index (χ3n) is 4.04. The molecular formula is C17H22N2O6S. The van der Waals surface area contributed by atoms with E-state index in [4.69, 9.17) is 4.74 Å². The number of aliphatic carboxylic acids is 1. The van der Waals surface area contributed by atoms with Crippen molar-refractivity contribution in [2.75, 3.05) is 19.8 Å². The fraction of sp³-hybridized carbons (Fsp3) is 0.412. The fourth-order valence-electron chi connectivity index (χ4n) is 2.69. The second kappa shape index (κ2) is 8.93. The van der Waals surface area contributed by atoms with E-state index < -0.39 is 27.9 Å². The second-order valence-corrected chi connectivity index (χ2v) is 7.70. The lowest BCUT2D eigenvalue weighted by Gasteiger charge is -2.28. The molecule has 0 radical (unpaired) electrons. The van der Waals surface area contributed by atoms with E-state index in [0.717, 1.165) is 6.42 Å². The Morgan fingerprint density at radius 3 is 2.81 bits per heavy atom. The number of nitrogens with one attached hydrogen (secondary N) is 2. The molecule has 1 aliphatic heterocycles. The number of hydrogen-bond donors (Lipinski definition) is 3. The molecule has 1 fully saturated rings. The first-order valence-corrected chi connectivity index (χ1v) is 9.65. The van der Waals surface area contributed by atoms with Crippen molar-refractivity contribution in [3.63, 3.8) is 0 Å². The van der Waals surface area contributed by atoms with Crippen molar-refractivity contribution in [3.05, 3.63) is 42.5 Å². The molecule has 142 valence electrons.